The molecule has 0 aliphatic rings. The summed E-state index contributed by atoms with van der Waals surface area (Å²) >= 11 is 0. The number of nitrogens with one attached hydrogen (secondary N) is 1. The maximum Gasteiger partial charge on any atom is 0.243 e. The maximum atomic E-state index is 12.8. The molecule has 8 heteroatoms. The standard InChI is InChI=1S/C20H28N2O5S/c1-5-22(6-2)28(24,25)17-10-11-19(27-15(3)4)18(14-17)21-20(23)12-9-16-8-7-13-26-16/h7-8,10-11,13-15H,5-6,9,12H2,1-4H3,(H,21,23). The molecule has 0 aliphatic carbocycles. The second-order valence-corrected chi connectivity index (χ2v) is 8.48. The Balaban J connectivity index is 2.26. The zero-order valence-electron chi connectivity index (χ0n) is 16.8. The molecular formula is C20H28N2O5S. The fraction of sp³-hybridized carbons (Fsp3) is 0.450. The second kappa shape index (κ2) is 9.75. The molecule has 0 fully saturated rings. The molecule has 0 bridgehead atoms. The summed E-state index contributed by atoms with van der Waals surface area (Å²) in [5.74, 6) is 0.897. The molecule has 0 atom stereocenters. The number of carbonyl (C=O) groups is 1. The lowest BCUT2D eigenvalue weighted by Gasteiger charge is -2.20. The van der Waals surface area contributed by atoms with Crippen LogP contribution in [-0.4, -0.2) is 37.8 Å². The summed E-state index contributed by atoms with van der Waals surface area (Å²) in [4.78, 5) is 12.5. The van der Waals surface area contributed by atoms with Crippen LogP contribution in [0.25, 0.3) is 0 Å². The van der Waals surface area contributed by atoms with Crippen molar-refractivity contribution in [3.05, 3.63) is 42.4 Å². The fourth-order valence-corrected chi connectivity index (χ4v) is 4.23. The van der Waals surface area contributed by atoms with Gasteiger partial charge in [0.2, 0.25) is 15.9 Å². The molecule has 1 amide bonds. The zero-order chi connectivity index (χ0) is 20.7. The van der Waals surface area contributed by atoms with Gasteiger partial charge in [0, 0.05) is 25.9 Å². The van der Waals surface area contributed by atoms with E-state index in [1.165, 1.54) is 16.4 Å². The third-order valence-electron chi connectivity index (χ3n) is 4.11. The van der Waals surface area contributed by atoms with Crippen LogP contribution in [0.15, 0.2) is 45.9 Å². The molecule has 28 heavy (non-hydrogen) atoms. The molecule has 2 rings (SSSR count). The zero-order valence-corrected chi connectivity index (χ0v) is 17.6. The third kappa shape index (κ3) is 5.59. The maximum absolute atomic E-state index is 12.8. The summed E-state index contributed by atoms with van der Waals surface area (Å²) < 4.78 is 38.0. The van der Waals surface area contributed by atoms with E-state index in [0.717, 1.165) is 0 Å². The SMILES string of the molecule is CCN(CC)S(=O)(=O)c1ccc(OC(C)C)c(NC(=O)CCc2ccco2)c1. The molecule has 2 aromatic rings. The largest absolute Gasteiger partial charge is 0.489 e. The quantitative estimate of drug-likeness (QED) is 0.648. The Morgan fingerprint density at radius 3 is 2.50 bits per heavy atom. The van der Waals surface area contributed by atoms with Crippen molar-refractivity contribution in [2.24, 2.45) is 0 Å². The minimum Gasteiger partial charge on any atom is -0.489 e. The summed E-state index contributed by atoms with van der Waals surface area (Å²) in [6.07, 6.45) is 2.10. The van der Waals surface area contributed by atoms with E-state index in [9.17, 15) is 13.2 Å². The second-order valence-electron chi connectivity index (χ2n) is 6.54. The van der Waals surface area contributed by atoms with Gasteiger partial charge in [0.25, 0.3) is 0 Å². The minimum atomic E-state index is -3.64. The average molecular weight is 409 g/mol. The van der Waals surface area contributed by atoms with Crippen molar-refractivity contribution in [2.45, 2.75) is 51.5 Å². The fourth-order valence-electron chi connectivity index (χ4n) is 2.74. The van der Waals surface area contributed by atoms with Gasteiger partial charge in [-0.2, -0.15) is 4.31 Å². The summed E-state index contributed by atoms with van der Waals surface area (Å²) in [5, 5.41) is 2.78. The molecule has 1 aromatic carbocycles. The smallest absolute Gasteiger partial charge is 0.243 e. The first kappa shape index (κ1) is 22.0. The van der Waals surface area contributed by atoms with E-state index in [2.05, 4.69) is 5.32 Å². The van der Waals surface area contributed by atoms with E-state index in [1.807, 2.05) is 13.8 Å². The number of hydrogen-bond donors (Lipinski definition) is 1. The minimum absolute atomic E-state index is 0.119. The molecule has 1 N–H and O–H groups in total. The van der Waals surface area contributed by atoms with Crippen molar-refractivity contribution in [3.63, 3.8) is 0 Å². The highest BCUT2D eigenvalue weighted by molar-refractivity contribution is 7.89. The van der Waals surface area contributed by atoms with E-state index in [-0.39, 0.29) is 23.3 Å². The van der Waals surface area contributed by atoms with Crippen LogP contribution in [0.2, 0.25) is 0 Å². The van der Waals surface area contributed by atoms with E-state index in [4.69, 9.17) is 9.15 Å². The molecule has 0 saturated heterocycles. The molecule has 7 nitrogen and oxygen atoms in total. The highest BCUT2D eigenvalue weighted by Gasteiger charge is 2.23. The van der Waals surface area contributed by atoms with Crippen LogP contribution >= 0.6 is 0 Å². The Hall–Kier alpha value is -2.32. The van der Waals surface area contributed by atoms with Crippen LogP contribution in [0, 0.1) is 0 Å². The molecule has 154 valence electrons. The Morgan fingerprint density at radius 1 is 1.21 bits per heavy atom. The van der Waals surface area contributed by atoms with Crippen molar-refractivity contribution in [3.8, 4) is 5.75 Å². The lowest BCUT2D eigenvalue weighted by Crippen LogP contribution is -2.30. The number of anilines is 1. The predicted molar refractivity (Wildman–Crippen MR) is 108 cm³/mol. The lowest BCUT2D eigenvalue weighted by atomic mass is 10.2. The average Bonchev–Trinajstić information content (AvgIpc) is 3.15. The number of aryl methyl sites for hydroxylation is 1. The molecule has 0 spiro atoms. The number of hydrogen-bond acceptors (Lipinski definition) is 5. The van der Waals surface area contributed by atoms with Gasteiger partial charge in [0.05, 0.1) is 22.9 Å². The number of sulfonamides is 1. The lowest BCUT2D eigenvalue weighted by molar-refractivity contribution is -0.116. The number of benzene rings is 1. The molecule has 0 aliphatic heterocycles. The van der Waals surface area contributed by atoms with Crippen molar-refractivity contribution in [1.82, 2.24) is 4.31 Å². The third-order valence-corrected chi connectivity index (χ3v) is 6.16. The number of furan rings is 1. The van der Waals surface area contributed by atoms with Gasteiger partial charge in [0.15, 0.2) is 0 Å². The molecule has 1 aromatic heterocycles. The van der Waals surface area contributed by atoms with E-state index >= 15 is 0 Å². The van der Waals surface area contributed by atoms with Gasteiger partial charge in [-0.3, -0.25) is 4.79 Å². The number of carbonyl (C=O) groups excluding carboxylic acids is 1. The summed E-state index contributed by atoms with van der Waals surface area (Å²) in [7, 11) is -3.64. The van der Waals surface area contributed by atoms with Gasteiger partial charge in [-0.1, -0.05) is 13.8 Å². The molecule has 0 unspecified atom stereocenters. The Kier molecular flexibility index (Phi) is 7.65. The van der Waals surface area contributed by atoms with Crippen molar-refractivity contribution in [1.29, 1.82) is 0 Å². The Labute approximate surface area is 166 Å². The molecule has 1 heterocycles. The van der Waals surface area contributed by atoms with Gasteiger partial charge < -0.3 is 14.5 Å². The highest BCUT2D eigenvalue weighted by atomic mass is 32.2. The molecule has 0 radical (unpaired) electrons. The number of amides is 1. The van der Waals surface area contributed by atoms with Crippen molar-refractivity contribution >= 4 is 21.6 Å². The van der Waals surface area contributed by atoms with Crippen LogP contribution in [0.1, 0.15) is 39.9 Å². The molecular weight excluding hydrogens is 380 g/mol. The Bertz CT molecular complexity index is 872. The van der Waals surface area contributed by atoms with Crippen LogP contribution in [-0.2, 0) is 21.2 Å². The number of ether oxygens (including phenoxy) is 1. The van der Waals surface area contributed by atoms with Gasteiger partial charge in [-0.15, -0.1) is 0 Å². The predicted octanol–water partition coefficient (Wildman–Crippen LogP) is 3.67. The van der Waals surface area contributed by atoms with Gasteiger partial charge in [-0.25, -0.2) is 8.42 Å². The van der Waals surface area contributed by atoms with Gasteiger partial charge >= 0.3 is 0 Å². The van der Waals surface area contributed by atoms with Crippen molar-refractivity contribution < 1.29 is 22.4 Å². The van der Waals surface area contributed by atoms with Crippen LogP contribution in [0.4, 0.5) is 5.69 Å². The summed E-state index contributed by atoms with van der Waals surface area (Å²) in [6, 6.07) is 8.11. The normalized spacial score (nSPS) is 11.8. The highest BCUT2D eigenvalue weighted by Crippen LogP contribution is 2.30. The number of rotatable bonds is 10. The van der Waals surface area contributed by atoms with Crippen LogP contribution in [0.5, 0.6) is 5.75 Å². The summed E-state index contributed by atoms with van der Waals surface area (Å²) in [6.45, 7) is 8.04. The van der Waals surface area contributed by atoms with E-state index in [1.54, 1.807) is 38.3 Å². The number of nitrogens with zero attached hydrogens (tertiary/aromatic N) is 1. The van der Waals surface area contributed by atoms with Crippen LogP contribution < -0.4 is 10.1 Å². The summed E-state index contributed by atoms with van der Waals surface area (Å²) in [5.41, 5.74) is 0.339. The first-order valence-corrected chi connectivity index (χ1v) is 10.8. The first-order chi connectivity index (χ1) is 13.3. The van der Waals surface area contributed by atoms with Gasteiger partial charge in [-0.05, 0) is 44.2 Å². The van der Waals surface area contributed by atoms with Crippen LogP contribution in [0.3, 0.4) is 0 Å². The van der Waals surface area contributed by atoms with E-state index in [0.29, 0.717) is 36.7 Å². The topological polar surface area (TPSA) is 88.9 Å². The Morgan fingerprint density at radius 2 is 1.93 bits per heavy atom. The molecule has 0 saturated carbocycles. The van der Waals surface area contributed by atoms with Gasteiger partial charge in [0.1, 0.15) is 11.5 Å². The monoisotopic (exact) mass is 408 g/mol. The van der Waals surface area contributed by atoms with Crippen molar-refractivity contribution in [2.75, 3.05) is 18.4 Å². The van der Waals surface area contributed by atoms with E-state index < -0.39 is 10.0 Å². The first-order valence-electron chi connectivity index (χ1n) is 9.41.